The molecule has 0 aliphatic carbocycles. The molecule has 46 valence electrons. The zero-order chi connectivity index (χ0) is 6.85. The molecular weight excluding hydrogens is 112 g/mol. The molecule has 0 radical (unpaired) electrons. The Bertz CT molecular complexity index is 221. The molecule has 9 heavy (non-hydrogen) atoms. The molecule has 0 saturated carbocycles. The van der Waals surface area contributed by atoms with Gasteiger partial charge in [0.05, 0.1) is 0 Å². The predicted molar refractivity (Wildman–Crippen MR) is 39.1 cm³/mol. The normalized spacial score (nSPS) is 18.1. The van der Waals surface area contributed by atoms with Gasteiger partial charge in [0.1, 0.15) is 0 Å². The van der Waals surface area contributed by atoms with Crippen LogP contribution >= 0.6 is 0 Å². The van der Waals surface area contributed by atoms with Crippen molar-refractivity contribution in [3.05, 3.63) is 23.8 Å². The van der Waals surface area contributed by atoms with Crippen molar-refractivity contribution in [2.75, 3.05) is 0 Å². The molecule has 0 unspecified atom stereocenters. The lowest BCUT2D eigenvalue weighted by Crippen LogP contribution is -2.00. The third-order valence-corrected chi connectivity index (χ3v) is 1.10. The number of hydrogen-bond donors (Lipinski definition) is 1. The Morgan fingerprint density at radius 3 is 2.78 bits per heavy atom. The highest BCUT2D eigenvalue weighted by molar-refractivity contribution is 6.07. The second-order valence-corrected chi connectivity index (χ2v) is 2.02. The van der Waals surface area contributed by atoms with E-state index in [2.05, 4.69) is 11.6 Å². The highest BCUT2D eigenvalue weighted by Crippen LogP contribution is 2.05. The van der Waals surface area contributed by atoms with Gasteiger partial charge in [-0.05, 0) is 18.6 Å². The van der Waals surface area contributed by atoms with Crippen molar-refractivity contribution >= 4 is 12.1 Å². The van der Waals surface area contributed by atoms with Crippen molar-refractivity contribution in [3.8, 4) is 0 Å². The summed E-state index contributed by atoms with van der Waals surface area (Å²) in [5, 5.41) is 7.14. The summed E-state index contributed by atoms with van der Waals surface area (Å²) in [5.41, 5.74) is 1.74. The highest BCUT2D eigenvalue weighted by atomic mass is 14.8. The van der Waals surface area contributed by atoms with E-state index in [0.717, 1.165) is 5.57 Å². The van der Waals surface area contributed by atoms with Gasteiger partial charge in [-0.3, -0.25) is 5.41 Å². The summed E-state index contributed by atoms with van der Waals surface area (Å²) in [4.78, 5) is 3.78. The van der Waals surface area contributed by atoms with Gasteiger partial charge in [0, 0.05) is 11.8 Å². The molecule has 2 heteroatoms. The second-order valence-electron chi connectivity index (χ2n) is 2.02. The number of hydrogen-bond acceptors (Lipinski definition) is 1. The van der Waals surface area contributed by atoms with Crippen molar-refractivity contribution in [1.29, 1.82) is 5.41 Å². The summed E-state index contributed by atoms with van der Waals surface area (Å²) >= 11 is 0. The molecule has 0 aromatic rings. The lowest BCUT2D eigenvalue weighted by Gasteiger charge is -2.02. The number of nitrogens with one attached hydrogen (secondary N) is 1. The SMILES string of the molecule is C=C1C=C(C)C=NC1=N. The standard InChI is InChI=1S/C7H8N2/c1-5-3-6(2)7(8)9-4-5/h3-4,8H,2H2,1H3. The van der Waals surface area contributed by atoms with Crippen LogP contribution in [0.3, 0.4) is 0 Å². The van der Waals surface area contributed by atoms with Gasteiger partial charge in [-0.25, -0.2) is 4.99 Å². The summed E-state index contributed by atoms with van der Waals surface area (Å²) in [6, 6.07) is 0. The first-order chi connectivity index (χ1) is 4.20. The molecule has 0 aromatic heterocycles. The maximum Gasteiger partial charge on any atom is 0.151 e. The molecule has 0 spiro atoms. The van der Waals surface area contributed by atoms with E-state index >= 15 is 0 Å². The van der Waals surface area contributed by atoms with E-state index in [1.165, 1.54) is 0 Å². The average Bonchev–Trinajstić information content (AvgIpc) is 1.80. The molecule has 1 aliphatic rings. The molecule has 0 atom stereocenters. The number of rotatable bonds is 0. The van der Waals surface area contributed by atoms with Gasteiger partial charge in [-0.1, -0.05) is 6.58 Å². The van der Waals surface area contributed by atoms with Crippen LogP contribution in [0.2, 0.25) is 0 Å². The van der Waals surface area contributed by atoms with Crippen molar-refractivity contribution in [1.82, 2.24) is 0 Å². The first kappa shape index (κ1) is 5.95. The van der Waals surface area contributed by atoms with Gasteiger partial charge in [0.15, 0.2) is 5.84 Å². The van der Waals surface area contributed by atoms with Gasteiger partial charge in [0.2, 0.25) is 0 Å². The van der Waals surface area contributed by atoms with E-state index in [-0.39, 0.29) is 5.84 Å². The summed E-state index contributed by atoms with van der Waals surface area (Å²) < 4.78 is 0. The first-order valence-corrected chi connectivity index (χ1v) is 2.70. The van der Waals surface area contributed by atoms with Crippen molar-refractivity contribution in [2.45, 2.75) is 6.92 Å². The van der Waals surface area contributed by atoms with Crippen LogP contribution in [0, 0.1) is 5.41 Å². The lowest BCUT2D eigenvalue weighted by atomic mass is 10.1. The number of aliphatic imine (C=N–C) groups is 1. The van der Waals surface area contributed by atoms with Crippen molar-refractivity contribution in [2.24, 2.45) is 4.99 Å². The van der Waals surface area contributed by atoms with Gasteiger partial charge in [0.25, 0.3) is 0 Å². The zero-order valence-corrected chi connectivity index (χ0v) is 5.31. The van der Waals surface area contributed by atoms with Crippen LogP contribution in [0.5, 0.6) is 0 Å². The molecule has 0 amide bonds. The molecule has 0 saturated heterocycles. The zero-order valence-electron chi connectivity index (χ0n) is 5.31. The number of amidine groups is 1. The topological polar surface area (TPSA) is 36.2 Å². The monoisotopic (exact) mass is 120 g/mol. The third kappa shape index (κ3) is 1.13. The first-order valence-electron chi connectivity index (χ1n) is 2.70. The maximum absolute atomic E-state index is 7.14. The van der Waals surface area contributed by atoms with Crippen LogP contribution in [0.25, 0.3) is 0 Å². The maximum atomic E-state index is 7.14. The Kier molecular flexibility index (Phi) is 1.30. The highest BCUT2D eigenvalue weighted by Gasteiger charge is 2.00. The van der Waals surface area contributed by atoms with Crippen molar-refractivity contribution in [3.63, 3.8) is 0 Å². The summed E-state index contributed by atoms with van der Waals surface area (Å²) in [5.74, 6) is 0.264. The second kappa shape index (κ2) is 1.97. The lowest BCUT2D eigenvalue weighted by molar-refractivity contribution is 1.40. The van der Waals surface area contributed by atoms with Crippen LogP contribution in [0.1, 0.15) is 6.92 Å². The fraction of sp³-hybridized carbons (Fsp3) is 0.143. The predicted octanol–water partition coefficient (Wildman–Crippen LogP) is 1.55. The van der Waals surface area contributed by atoms with Crippen LogP contribution in [0.15, 0.2) is 28.8 Å². The molecule has 1 N–H and O–H groups in total. The smallest absolute Gasteiger partial charge is 0.151 e. The minimum absolute atomic E-state index is 0.264. The fourth-order valence-electron chi connectivity index (χ4n) is 0.630. The summed E-state index contributed by atoms with van der Waals surface area (Å²) in [6.07, 6.45) is 3.51. The van der Waals surface area contributed by atoms with Gasteiger partial charge >= 0.3 is 0 Å². The molecule has 1 aliphatic heterocycles. The van der Waals surface area contributed by atoms with E-state index in [1.54, 1.807) is 6.21 Å². The third-order valence-electron chi connectivity index (χ3n) is 1.10. The van der Waals surface area contributed by atoms with Gasteiger partial charge in [-0.2, -0.15) is 0 Å². The number of allylic oxidation sites excluding steroid dienone is 1. The molecule has 1 heterocycles. The Labute approximate surface area is 54.1 Å². The Morgan fingerprint density at radius 1 is 1.67 bits per heavy atom. The molecule has 0 aromatic carbocycles. The fourth-order valence-corrected chi connectivity index (χ4v) is 0.630. The Hall–Kier alpha value is -1.18. The van der Waals surface area contributed by atoms with Crippen molar-refractivity contribution < 1.29 is 0 Å². The van der Waals surface area contributed by atoms with Crippen LogP contribution in [-0.4, -0.2) is 12.1 Å². The molecule has 0 bridgehead atoms. The quantitative estimate of drug-likeness (QED) is 0.503. The molecule has 0 fully saturated rings. The summed E-state index contributed by atoms with van der Waals surface area (Å²) in [7, 11) is 0. The average molecular weight is 120 g/mol. The minimum Gasteiger partial charge on any atom is -0.282 e. The van der Waals surface area contributed by atoms with E-state index in [9.17, 15) is 0 Å². The van der Waals surface area contributed by atoms with E-state index in [1.807, 2.05) is 13.0 Å². The van der Waals surface area contributed by atoms with Crippen LogP contribution in [0.4, 0.5) is 0 Å². The summed E-state index contributed by atoms with van der Waals surface area (Å²) in [6.45, 7) is 5.56. The van der Waals surface area contributed by atoms with E-state index in [4.69, 9.17) is 5.41 Å². The molecule has 1 rings (SSSR count). The molecular formula is C7H8N2. The Balaban J connectivity index is 2.95. The largest absolute Gasteiger partial charge is 0.282 e. The minimum atomic E-state index is 0.264. The Morgan fingerprint density at radius 2 is 2.33 bits per heavy atom. The van der Waals surface area contributed by atoms with E-state index in [0.29, 0.717) is 5.57 Å². The van der Waals surface area contributed by atoms with Crippen LogP contribution in [-0.2, 0) is 0 Å². The van der Waals surface area contributed by atoms with Crippen LogP contribution < -0.4 is 0 Å². The molecule has 2 nitrogen and oxygen atoms in total. The van der Waals surface area contributed by atoms with Gasteiger partial charge in [-0.15, -0.1) is 0 Å². The van der Waals surface area contributed by atoms with Gasteiger partial charge < -0.3 is 0 Å². The van der Waals surface area contributed by atoms with E-state index < -0.39 is 0 Å². The number of dihydropyridines is 1. The number of nitrogens with zero attached hydrogens (tertiary/aromatic N) is 1.